The predicted octanol–water partition coefficient (Wildman–Crippen LogP) is 10.3. The smallest absolute Gasteiger partial charge is 0.251 e. The van der Waals surface area contributed by atoms with Gasteiger partial charge in [-0.05, 0) is 121 Å². The van der Waals surface area contributed by atoms with Crippen molar-refractivity contribution in [2.24, 2.45) is 26.1 Å². The highest BCUT2D eigenvalue weighted by Crippen LogP contribution is 2.21. The SMILES string of the molecule is C=C(C)C.C=C/C(=C\C=C(/C)C(=O)Nc1ccc(N=C(N)/N=C(\N=C)Nc2cccc(C)c2)cc1)NC(C)(C)C.CCCCC(C)(C)C. The summed E-state index contributed by atoms with van der Waals surface area (Å²) in [4.78, 5) is 24.9. The van der Waals surface area contributed by atoms with Crippen LogP contribution in [0.3, 0.4) is 0 Å². The van der Waals surface area contributed by atoms with E-state index in [1.807, 2.05) is 51.1 Å². The molecule has 0 heterocycles. The number of guanidine groups is 2. The number of hydrogen-bond donors (Lipinski definition) is 4. The molecular formula is C40H61N7O. The number of hydrogen-bond acceptors (Lipinski definition) is 3. The van der Waals surface area contributed by atoms with E-state index >= 15 is 0 Å². The van der Waals surface area contributed by atoms with Crippen LogP contribution in [-0.4, -0.2) is 30.1 Å². The third kappa shape index (κ3) is 22.7. The standard InChI is InChI=1S/C28H35N7O.C8H18.C4H8/c1-8-21(35-28(4,5)6)13-12-20(3)25(36)31-22-14-16-23(17-15-22)32-26(29)34-27(30-7)33-24-11-9-10-19(2)18-24;1-5-6-7-8(2,3)4;1-4(2)3/h8-18,35H,1,7H2,2-6H3,(H,31,36)(H3,29,32,33,34);5-7H2,1-4H3;1H2,2-3H3/b20-12+,21-13+;;. The lowest BCUT2D eigenvalue weighted by Crippen LogP contribution is -2.34. The molecule has 0 saturated heterocycles. The summed E-state index contributed by atoms with van der Waals surface area (Å²) in [6.07, 6.45) is 9.37. The lowest BCUT2D eigenvalue weighted by molar-refractivity contribution is -0.112. The van der Waals surface area contributed by atoms with Crippen LogP contribution in [0, 0.1) is 12.3 Å². The third-order valence-corrected chi connectivity index (χ3v) is 5.90. The summed E-state index contributed by atoms with van der Waals surface area (Å²) in [5, 5.41) is 9.24. The van der Waals surface area contributed by atoms with Gasteiger partial charge in [-0.1, -0.05) is 70.9 Å². The minimum atomic E-state index is -0.213. The van der Waals surface area contributed by atoms with E-state index < -0.39 is 0 Å². The number of unbranched alkanes of at least 4 members (excludes halogenated alkanes) is 1. The van der Waals surface area contributed by atoms with Crippen LogP contribution < -0.4 is 21.7 Å². The quantitative estimate of drug-likeness (QED) is 0.0707. The van der Waals surface area contributed by atoms with Crippen molar-refractivity contribution in [2.45, 2.75) is 101 Å². The monoisotopic (exact) mass is 655 g/mol. The molecule has 0 atom stereocenters. The summed E-state index contributed by atoms with van der Waals surface area (Å²) in [6, 6.07) is 14.7. The molecule has 2 aromatic carbocycles. The Labute approximate surface area is 291 Å². The predicted molar refractivity (Wildman–Crippen MR) is 213 cm³/mol. The number of aryl methyl sites for hydroxylation is 1. The Morgan fingerprint density at radius 3 is 2.00 bits per heavy atom. The molecule has 0 fully saturated rings. The second-order valence-electron chi connectivity index (χ2n) is 14.0. The Bertz CT molecular complexity index is 1440. The summed E-state index contributed by atoms with van der Waals surface area (Å²) < 4.78 is 0. The van der Waals surface area contributed by atoms with Gasteiger partial charge in [0.1, 0.15) is 0 Å². The largest absolute Gasteiger partial charge is 0.380 e. The number of nitrogens with zero attached hydrogens (tertiary/aromatic N) is 3. The number of carbonyl (C=O) groups is 1. The van der Waals surface area contributed by atoms with E-state index in [1.165, 1.54) is 24.8 Å². The van der Waals surface area contributed by atoms with E-state index in [-0.39, 0.29) is 23.4 Å². The molecule has 0 bridgehead atoms. The number of nitrogens with two attached hydrogens (primary N) is 1. The minimum absolute atomic E-state index is 0.0155. The number of nitrogens with one attached hydrogen (secondary N) is 3. The van der Waals surface area contributed by atoms with Crippen molar-refractivity contribution in [3.8, 4) is 0 Å². The van der Waals surface area contributed by atoms with Crippen molar-refractivity contribution >= 4 is 41.6 Å². The first-order chi connectivity index (χ1) is 22.3. The van der Waals surface area contributed by atoms with Crippen LogP contribution in [0.5, 0.6) is 0 Å². The number of allylic oxidation sites excluding steroid dienone is 4. The molecule has 0 aliphatic carbocycles. The molecule has 0 saturated carbocycles. The van der Waals surface area contributed by atoms with Crippen LogP contribution in [-0.2, 0) is 4.79 Å². The fraction of sp³-hybridized carbons (Fsp3) is 0.400. The molecule has 0 radical (unpaired) electrons. The lowest BCUT2D eigenvalue weighted by atomic mass is 9.90. The first-order valence-electron chi connectivity index (χ1n) is 16.3. The number of anilines is 2. The van der Waals surface area contributed by atoms with Crippen molar-refractivity contribution in [1.82, 2.24) is 5.32 Å². The Kier molecular flexibility index (Phi) is 19.8. The van der Waals surface area contributed by atoms with Crippen molar-refractivity contribution in [2.75, 3.05) is 10.6 Å². The zero-order chi connectivity index (χ0) is 36.9. The molecule has 1 amide bonds. The average Bonchev–Trinajstić information content (AvgIpc) is 2.97. The van der Waals surface area contributed by atoms with E-state index in [0.717, 1.165) is 16.9 Å². The number of amides is 1. The molecule has 8 nitrogen and oxygen atoms in total. The molecule has 2 aromatic rings. The van der Waals surface area contributed by atoms with Gasteiger partial charge in [0.15, 0.2) is 0 Å². The van der Waals surface area contributed by atoms with Gasteiger partial charge in [-0.15, -0.1) is 6.58 Å². The third-order valence-electron chi connectivity index (χ3n) is 5.90. The molecule has 5 N–H and O–H groups in total. The first-order valence-corrected chi connectivity index (χ1v) is 16.3. The minimum Gasteiger partial charge on any atom is -0.380 e. The van der Waals surface area contributed by atoms with Gasteiger partial charge >= 0.3 is 0 Å². The average molecular weight is 656 g/mol. The molecule has 262 valence electrons. The van der Waals surface area contributed by atoms with E-state index in [0.29, 0.717) is 22.4 Å². The zero-order valence-electron chi connectivity index (χ0n) is 31.4. The van der Waals surface area contributed by atoms with Gasteiger partial charge < -0.3 is 21.7 Å². The Morgan fingerprint density at radius 1 is 0.938 bits per heavy atom. The van der Waals surface area contributed by atoms with Crippen LogP contribution in [0.2, 0.25) is 0 Å². The fourth-order valence-electron chi connectivity index (χ4n) is 3.66. The maximum Gasteiger partial charge on any atom is 0.251 e. The summed E-state index contributed by atoms with van der Waals surface area (Å²) in [6.45, 7) is 33.9. The van der Waals surface area contributed by atoms with Gasteiger partial charge in [-0.3, -0.25) is 4.79 Å². The second kappa shape index (κ2) is 22.0. The molecule has 0 unspecified atom stereocenters. The second-order valence-corrected chi connectivity index (χ2v) is 14.0. The van der Waals surface area contributed by atoms with Crippen LogP contribution in [0.25, 0.3) is 0 Å². The van der Waals surface area contributed by atoms with Crippen molar-refractivity contribution < 1.29 is 4.79 Å². The lowest BCUT2D eigenvalue weighted by Gasteiger charge is -2.22. The highest BCUT2D eigenvalue weighted by Gasteiger charge is 2.10. The highest BCUT2D eigenvalue weighted by atomic mass is 16.1. The van der Waals surface area contributed by atoms with E-state index in [9.17, 15) is 4.79 Å². The Balaban J connectivity index is 0.00000156. The van der Waals surface area contributed by atoms with Gasteiger partial charge in [-0.2, -0.15) is 4.99 Å². The molecule has 8 heteroatoms. The van der Waals surface area contributed by atoms with Gasteiger partial charge in [0.25, 0.3) is 5.91 Å². The summed E-state index contributed by atoms with van der Waals surface area (Å²) in [5.74, 6) is 0.0378. The number of carbonyl (C=O) groups excluding carboxylic acids is 1. The molecule has 48 heavy (non-hydrogen) atoms. The Morgan fingerprint density at radius 2 is 1.54 bits per heavy atom. The molecule has 2 rings (SSSR count). The van der Waals surface area contributed by atoms with Crippen LogP contribution in [0.4, 0.5) is 17.1 Å². The van der Waals surface area contributed by atoms with Crippen molar-refractivity contribution in [3.63, 3.8) is 0 Å². The topological polar surface area (TPSA) is 116 Å². The van der Waals surface area contributed by atoms with Crippen LogP contribution in [0.15, 0.2) is 112 Å². The fourth-order valence-corrected chi connectivity index (χ4v) is 3.66. The van der Waals surface area contributed by atoms with E-state index in [4.69, 9.17) is 5.73 Å². The summed E-state index contributed by atoms with van der Waals surface area (Å²) in [7, 11) is 0. The number of rotatable bonds is 9. The van der Waals surface area contributed by atoms with Crippen LogP contribution >= 0.6 is 0 Å². The van der Waals surface area contributed by atoms with Gasteiger partial charge in [0, 0.05) is 28.2 Å². The maximum atomic E-state index is 12.5. The van der Waals surface area contributed by atoms with Gasteiger partial charge in [0.2, 0.25) is 11.9 Å². The molecule has 0 aliphatic rings. The Hall–Kier alpha value is -4.72. The molecule has 0 spiro atoms. The normalized spacial score (nSPS) is 12.4. The first kappa shape index (κ1) is 43.3. The number of aliphatic imine (C=N–C) groups is 3. The molecular weight excluding hydrogens is 594 g/mol. The zero-order valence-corrected chi connectivity index (χ0v) is 31.4. The molecule has 0 aliphatic heterocycles. The summed E-state index contributed by atoms with van der Waals surface area (Å²) in [5.41, 5.74) is 12.1. The van der Waals surface area contributed by atoms with Crippen molar-refractivity contribution in [1.29, 1.82) is 0 Å². The van der Waals surface area contributed by atoms with Gasteiger partial charge in [-0.25, -0.2) is 9.98 Å². The highest BCUT2D eigenvalue weighted by molar-refractivity contribution is 6.04. The summed E-state index contributed by atoms with van der Waals surface area (Å²) >= 11 is 0. The van der Waals surface area contributed by atoms with E-state index in [2.05, 4.69) is 99.3 Å². The van der Waals surface area contributed by atoms with Crippen molar-refractivity contribution in [3.05, 3.63) is 102 Å². The molecule has 0 aromatic heterocycles. The van der Waals surface area contributed by atoms with E-state index in [1.54, 1.807) is 43.3 Å². The van der Waals surface area contributed by atoms with Gasteiger partial charge in [0.05, 0.1) is 5.69 Å². The maximum absolute atomic E-state index is 12.5. The van der Waals surface area contributed by atoms with Crippen LogP contribution in [0.1, 0.15) is 94.1 Å². The number of benzene rings is 2.